The fourth-order valence-electron chi connectivity index (χ4n) is 4.29. The summed E-state index contributed by atoms with van der Waals surface area (Å²) in [5.74, 6) is 2.50. The molecule has 1 aromatic carbocycles. The van der Waals surface area contributed by atoms with Crippen molar-refractivity contribution in [2.24, 2.45) is 11.8 Å². The van der Waals surface area contributed by atoms with E-state index in [1.807, 2.05) is 22.8 Å². The monoisotopic (exact) mass is 371 g/mol. The fourth-order valence-corrected chi connectivity index (χ4v) is 4.50. The Labute approximate surface area is 157 Å². The van der Waals surface area contributed by atoms with Crippen LogP contribution in [0, 0.1) is 11.8 Å². The highest BCUT2D eigenvalue weighted by molar-refractivity contribution is 6.30. The average molecular weight is 372 g/mol. The third kappa shape index (κ3) is 3.12. The van der Waals surface area contributed by atoms with Crippen LogP contribution in [-0.4, -0.2) is 44.7 Å². The zero-order chi connectivity index (χ0) is 17.7. The van der Waals surface area contributed by atoms with Crippen molar-refractivity contribution in [1.29, 1.82) is 0 Å². The van der Waals surface area contributed by atoms with Crippen LogP contribution in [-0.2, 0) is 19.5 Å². The van der Waals surface area contributed by atoms with E-state index in [1.54, 1.807) is 0 Å². The number of nitrogens with zero attached hydrogens (tertiary/aromatic N) is 4. The fraction of sp³-hybridized carbons (Fsp3) is 0.526. The molecule has 1 N–H and O–H groups in total. The van der Waals surface area contributed by atoms with E-state index < -0.39 is 0 Å². The molecule has 0 spiro atoms. The first-order valence-electron chi connectivity index (χ1n) is 9.35. The van der Waals surface area contributed by atoms with Crippen molar-refractivity contribution >= 4 is 17.5 Å². The van der Waals surface area contributed by atoms with Gasteiger partial charge in [-0.15, -0.1) is 10.2 Å². The lowest BCUT2D eigenvalue weighted by Gasteiger charge is -2.25. The number of hydrogen-bond donors (Lipinski definition) is 1. The van der Waals surface area contributed by atoms with Crippen LogP contribution in [0.25, 0.3) is 0 Å². The van der Waals surface area contributed by atoms with Crippen LogP contribution in [0.5, 0.6) is 0 Å². The molecule has 3 aliphatic rings. The molecule has 0 unspecified atom stereocenters. The van der Waals surface area contributed by atoms with E-state index in [-0.39, 0.29) is 5.91 Å². The predicted molar refractivity (Wildman–Crippen MR) is 97.9 cm³/mol. The molecule has 26 heavy (non-hydrogen) atoms. The molecule has 1 aliphatic carbocycles. The van der Waals surface area contributed by atoms with Crippen molar-refractivity contribution in [2.45, 2.75) is 38.4 Å². The molecular formula is C19H22ClN5O. The highest BCUT2D eigenvalue weighted by Crippen LogP contribution is 2.33. The van der Waals surface area contributed by atoms with Crippen molar-refractivity contribution in [1.82, 2.24) is 25.0 Å². The Morgan fingerprint density at radius 2 is 2.04 bits per heavy atom. The van der Waals surface area contributed by atoms with Crippen LogP contribution in [0.2, 0.25) is 5.02 Å². The SMILES string of the molecule is O=C(NC1CC1)c1nnc2n1C[C@H]1CN(Cc3cccc(Cl)c3)C[C@H]1C2. The summed E-state index contributed by atoms with van der Waals surface area (Å²) in [6, 6.07) is 8.43. The molecule has 0 bridgehead atoms. The Balaban J connectivity index is 1.28. The standard InChI is InChI=1S/C19H22ClN5O/c20-15-3-1-2-12(6-15)8-24-9-13-7-17-22-23-18(19(26)21-16-4-5-16)25(17)11-14(13)10-24/h1-3,6,13-14,16H,4-5,7-11H2,(H,21,26)/t13-,14-/m1/s1. The molecule has 7 heteroatoms. The maximum atomic E-state index is 12.4. The van der Waals surface area contributed by atoms with Crippen molar-refractivity contribution in [3.63, 3.8) is 0 Å². The Hall–Kier alpha value is -1.92. The minimum Gasteiger partial charge on any atom is -0.347 e. The molecule has 6 nitrogen and oxygen atoms in total. The number of benzene rings is 1. The minimum atomic E-state index is -0.0709. The Kier molecular flexibility index (Phi) is 3.98. The summed E-state index contributed by atoms with van der Waals surface area (Å²) >= 11 is 6.11. The van der Waals surface area contributed by atoms with Crippen molar-refractivity contribution in [3.05, 3.63) is 46.5 Å². The summed E-state index contributed by atoms with van der Waals surface area (Å²) in [6.45, 7) is 3.86. The van der Waals surface area contributed by atoms with Gasteiger partial charge < -0.3 is 9.88 Å². The first-order chi connectivity index (χ1) is 12.7. The van der Waals surface area contributed by atoms with Gasteiger partial charge in [0.05, 0.1) is 0 Å². The zero-order valence-corrected chi connectivity index (χ0v) is 15.3. The van der Waals surface area contributed by atoms with E-state index in [0.29, 0.717) is 23.7 Å². The number of hydrogen-bond acceptors (Lipinski definition) is 4. The van der Waals surface area contributed by atoms with E-state index in [2.05, 4.69) is 26.5 Å². The number of carbonyl (C=O) groups excluding carboxylic acids is 1. The highest BCUT2D eigenvalue weighted by atomic mass is 35.5. The van der Waals surface area contributed by atoms with Gasteiger partial charge in [0.25, 0.3) is 5.91 Å². The van der Waals surface area contributed by atoms with Crippen molar-refractivity contribution in [2.75, 3.05) is 13.1 Å². The van der Waals surface area contributed by atoms with Crippen LogP contribution in [0.3, 0.4) is 0 Å². The second-order valence-corrected chi connectivity index (χ2v) is 8.28. The smallest absolute Gasteiger partial charge is 0.289 e. The summed E-state index contributed by atoms with van der Waals surface area (Å²) in [5, 5.41) is 12.3. The number of aromatic nitrogens is 3. The summed E-state index contributed by atoms with van der Waals surface area (Å²) in [4.78, 5) is 14.9. The third-order valence-corrected chi connectivity index (χ3v) is 5.99. The maximum Gasteiger partial charge on any atom is 0.289 e. The van der Waals surface area contributed by atoms with E-state index >= 15 is 0 Å². The number of carbonyl (C=O) groups is 1. The van der Waals surface area contributed by atoms with Crippen molar-refractivity contribution in [3.8, 4) is 0 Å². The van der Waals surface area contributed by atoms with E-state index in [0.717, 1.165) is 56.3 Å². The van der Waals surface area contributed by atoms with Gasteiger partial charge in [-0.3, -0.25) is 9.69 Å². The molecular weight excluding hydrogens is 350 g/mol. The molecule has 1 amide bonds. The normalized spacial score (nSPS) is 25.0. The lowest BCUT2D eigenvalue weighted by molar-refractivity contribution is 0.0932. The van der Waals surface area contributed by atoms with Gasteiger partial charge in [0.2, 0.25) is 5.82 Å². The van der Waals surface area contributed by atoms with Crippen molar-refractivity contribution < 1.29 is 4.79 Å². The van der Waals surface area contributed by atoms with Crippen LogP contribution in [0.4, 0.5) is 0 Å². The molecule has 1 saturated carbocycles. The summed E-state index contributed by atoms with van der Waals surface area (Å²) in [7, 11) is 0. The van der Waals surface area contributed by atoms with Gasteiger partial charge in [-0.1, -0.05) is 23.7 Å². The van der Waals surface area contributed by atoms with Crippen LogP contribution in [0.15, 0.2) is 24.3 Å². The van der Waals surface area contributed by atoms with E-state index in [1.165, 1.54) is 5.56 Å². The highest BCUT2D eigenvalue weighted by Gasteiger charge is 2.39. The predicted octanol–water partition coefficient (Wildman–Crippen LogP) is 2.13. The average Bonchev–Trinajstić information content (AvgIpc) is 3.19. The number of rotatable bonds is 4. The van der Waals surface area contributed by atoms with Crippen LogP contribution in [0.1, 0.15) is 34.8 Å². The molecule has 1 saturated heterocycles. The molecule has 136 valence electrons. The van der Waals surface area contributed by atoms with Gasteiger partial charge in [0, 0.05) is 43.7 Å². The molecule has 2 fully saturated rings. The number of fused-ring (bicyclic) bond motifs is 2. The van der Waals surface area contributed by atoms with Gasteiger partial charge in [0.1, 0.15) is 5.82 Å². The number of nitrogens with one attached hydrogen (secondary N) is 1. The van der Waals surface area contributed by atoms with Gasteiger partial charge >= 0.3 is 0 Å². The second-order valence-electron chi connectivity index (χ2n) is 7.85. The lowest BCUT2D eigenvalue weighted by atomic mass is 9.89. The van der Waals surface area contributed by atoms with Gasteiger partial charge in [-0.2, -0.15) is 0 Å². The first kappa shape index (κ1) is 16.3. The third-order valence-electron chi connectivity index (χ3n) is 5.75. The molecule has 2 aromatic rings. The molecule has 0 radical (unpaired) electrons. The second kappa shape index (κ2) is 6.35. The number of likely N-dealkylation sites (tertiary alicyclic amines) is 1. The minimum absolute atomic E-state index is 0.0709. The van der Waals surface area contributed by atoms with E-state index in [4.69, 9.17) is 11.6 Å². The van der Waals surface area contributed by atoms with Gasteiger partial charge in [0.15, 0.2) is 0 Å². The molecule has 5 rings (SSSR count). The summed E-state index contributed by atoms with van der Waals surface area (Å²) in [5.41, 5.74) is 1.25. The molecule has 1 aromatic heterocycles. The Morgan fingerprint density at radius 1 is 1.19 bits per heavy atom. The summed E-state index contributed by atoms with van der Waals surface area (Å²) < 4.78 is 2.04. The topological polar surface area (TPSA) is 63.1 Å². The summed E-state index contributed by atoms with van der Waals surface area (Å²) in [6.07, 6.45) is 3.06. The number of halogens is 1. The van der Waals surface area contributed by atoms with Crippen LogP contribution >= 0.6 is 11.6 Å². The molecule has 2 atom stereocenters. The van der Waals surface area contributed by atoms with Gasteiger partial charge in [-0.25, -0.2) is 0 Å². The largest absolute Gasteiger partial charge is 0.347 e. The zero-order valence-electron chi connectivity index (χ0n) is 14.6. The van der Waals surface area contributed by atoms with Gasteiger partial charge in [-0.05, 0) is 42.4 Å². The maximum absolute atomic E-state index is 12.4. The molecule has 3 heterocycles. The Bertz CT molecular complexity index is 846. The Morgan fingerprint density at radius 3 is 2.85 bits per heavy atom. The first-order valence-corrected chi connectivity index (χ1v) is 9.73. The van der Waals surface area contributed by atoms with Crippen LogP contribution < -0.4 is 5.32 Å². The number of amides is 1. The lowest BCUT2D eigenvalue weighted by Crippen LogP contribution is -2.33. The molecule has 2 aliphatic heterocycles. The van der Waals surface area contributed by atoms with E-state index in [9.17, 15) is 4.79 Å². The quantitative estimate of drug-likeness (QED) is 0.894.